The maximum Gasteiger partial charge on any atom is 0.161 e. The van der Waals surface area contributed by atoms with E-state index in [0.717, 1.165) is 12.8 Å². The van der Waals surface area contributed by atoms with Gasteiger partial charge in [-0.2, -0.15) is 0 Å². The summed E-state index contributed by atoms with van der Waals surface area (Å²) < 4.78 is 25.0. The maximum absolute atomic E-state index is 13.5. The van der Waals surface area contributed by atoms with Gasteiger partial charge in [0.25, 0.3) is 0 Å². The minimum Gasteiger partial charge on any atom is -0.489 e. The molecule has 7 heteroatoms. The first-order chi connectivity index (χ1) is 15.5. The summed E-state index contributed by atoms with van der Waals surface area (Å²) in [6.45, 7) is 2.56. The molecule has 1 fully saturated rings. The highest BCUT2D eigenvalue weighted by Crippen LogP contribution is 2.56. The average Bonchev–Trinajstić information content (AvgIpc) is 3.48. The summed E-state index contributed by atoms with van der Waals surface area (Å²) in [6.07, 6.45) is 2.38. The number of aliphatic hydroxyl groups is 1. The van der Waals surface area contributed by atoms with Gasteiger partial charge in [0.05, 0.1) is 19.4 Å². The van der Waals surface area contributed by atoms with E-state index in [9.17, 15) is 9.50 Å². The van der Waals surface area contributed by atoms with E-state index in [1.54, 1.807) is 25.4 Å². The van der Waals surface area contributed by atoms with Crippen LogP contribution < -0.4 is 10.1 Å². The van der Waals surface area contributed by atoms with Gasteiger partial charge in [-0.3, -0.25) is 0 Å². The predicted octanol–water partition coefficient (Wildman–Crippen LogP) is 4.13. The van der Waals surface area contributed by atoms with Crippen LogP contribution in [0.3, 0.4) is 0 Å². The predicted molar refractivity (Wildman–Crippen MR) is 120 cm³/mol. The van der Waals surface area contributed by atoms with Gasteiger partial charge in [-0.1, -0.05) is 36.4 Å². The topological polar surface area (TPSA) is 76.5 Å². The Morgan fingerprint density at radius 3 is 2.78 bits per heavy atom. The molecule has 4 rings (SSSR count). The van der Waals surface area contributed by atoms with Crippen molar-refractivity contribution in [2.75, 3.05) is 19.0 Å². The van der Waals surface area contributed by atoms with Crippen LogP contribution in [0.15, 0.2) is 60.8 Å². The number of hydrogen-bond acceptors (Lipinski definition) is 6. The molecule has 3 atom stereocenters. The normalized spacial score (nSPS) is 20.6. The number of anilines is 1. The molecule has 1 aliphatic carbocycles. The highest BCUT2D eigenvalue weighted by Gasteiger charge is 2.58. The standard InChI is InChI=1S/C25H28FN3O3/c1-17-27-14-23(22(28-17)15-31-2)32-16-25(12-18-7-4-3-5-8-18)13-21(25)24(30)29-20-10-6-9-19(26)11-20/h3-11,14,21,24,29-30H,12-13,15-16H2,1-2H3/t21-,24?,25+/m0/s1. The monoisotopic (exact) mass is 437 g/mol. The van der Waals surface area contributed by atoms with Gasteiger partial charge < -0.3 is 19.9 Å². The number of ether oxygens (including phenoxy) is 2. The van der Waals surface area contributed by atoms with Crippen molar-refractivity contribution in [1.82, 2.24) is 9.97 Å². The van der Waals surface area contributed by atoms with Crippen LogP contribution in [0, 0.1) is 24.1 Å². The third-order valence-electron chi connectivity index (χ3n) is 5.92. The van der Waals surface area contributed by atoms with Crippen molar-refractivity contribution in [3.8, 4) is 5.75 Å². The van der Waals surface area contributed by atoms with E-state index in [1.807, 2.05) is 25.1 Å². The molecule has 32 heavy (non-hydrogen) atoms. The lowest BCUT2D eigenvalue weighted by Crippen LogP contribution is -2.29. The molecule has 0 spiro atoms. The van der Waals surface area contributed by atoms with E-state index in [0.29, 0.717) is 36.2 Å². The zero-order valence-corrected chi connectivity index (χ0v) is 18.3. The summed E-state index contributed by atoms with van der Waals surface area (Å²) in [7, 11) is 1.61. The number of nitrogens with zero attached hydrogens (tertiary/aromatic N) is 2. The molecular formula is C25H28FN3O3. The van der Waals surface area contributed by atoms with Crippen molar-refractivity contribution in [2.24, 2.45) is 11.3 Å². The van der Waals surface area contributed by atoms with Gasteiger partial charge in [-0.15, -0.1) is 0 Å². The number of aryl methyl sites for hydroxylation is 1. The first kappa shape index (κ1) is 22.2. The third-order valence-corrected chi connectivity index (χ3v) is 5.92. The molecule has 0 bridgehead atoms. The fourth-order valence-electron chi connectivity index (χ4n) is 4.19. The van der Waals surface area contributed by atoms with Crippen molar-refractivity contribution < 1.29 is 19.0 Å². The zero-order valence-electron chi connectivity index (χ0n) is 18.3. The van der Waals surface area contributed by atoms with Gasteiger partial charge in [0.15, 0.2) is 5.75 Å². The quantitative estimate of drug-likeness (QED) is 0.465. The molecule has 2 aromatic carbocycles. The number of aliphatic hydroxyl groups excluding tert-OH is 1. The van der Waals surface area contributed by atoms with E-state index >= 15 is 0 Å². The Morgan fingerprint density at radius 2 is 2.03 bits per heavy atom. The van der Waals surface area contributed by atoms with Crippen molar-refractivity contribution in [3.05, 3.63) is 83.7 Å². The molecule has 168 valence electrons. The second-order valence-electron chi connectivity index (χ2n) is 8.38. The van der Waals surface area contributed by atoms with Crippen LogP contribution in [0.4, 0.5) is 10.1 Å². The molecule has 0 aliphatic heterocycles. The van der Waals surface area contributed by atoms with E-state index in [1.165, 1.54) is 17.7 Å². The second kappa shape index (κ2) is 9.63. The Morgan fingerprint density at radius 1 is 1.22 bits per heavy atom. The van der Waals surface area contributed by atoms with Crippen LogP contribution in [0.2, 0.25) is 0 Å². The molecule has 1 heterocycles. The molecule has 0 amide bonds. The lowest BCUT2D eigenvalue weighted by molar-refractivity contribution is 0.131. The van der Waals surface area contributed by atoms with Crippen LogP contribution in [0.5, 0.6) is 5.75 Å². The van der Waals surface area contributed by atoms with Crippen molar-refractivity contribution in [1.29, 1.82) is 0 Å². The van der Waals surface area contributed by atoms with Crippen LogP contribution >= 0.6 is 0 Å². The Bertz CT molecular complexity index is 1050. The summed E-state index contributed by atoms with van der Waals surface area (Å²) in [5.74, 6) is 0.843. The van der Waals surface area contributed by atoms with E-state index in [2.05, 4.69) is 27.4 Å². The number of benzene rings is 2. The lowest BCUT2D eigenvalue weighted by atomic mass is 9.94. The van der Waals surface area contributed by atoms with Gasteiger partial charge in [0.2, 0.25) is 0 Å². The van der Waals surface area contributed by atoms with Gasteiger partial charge in [0, 0.05) is 24.1 Å². The van der Waals surface area contributed by atoms with E-state index in [-0.39, 0.29) is 17.2 Å². The zero-order chi connectivity index (χ0) is 22.6. The largest absolute Gasteiger partial charge is 0.489 e. The maximum atomic E-state index is 13.5. The highest BCUT2D eigenvalue weighted by atomic mass is 19.1. The SMILES string of the molecule is COCc1nc(C)ncc1OC[C@@]1(Cc2ccccc2)C[C@H]1C(O)Nc1cccc(F)c1. The van der Waals surface area contributed by atoms with Gasteiger partial charge in [0.1, 0.15) is 23.6 Å². The smallest absolute Gasteiger partial charge is 0.161 e. The van der Waals surface area contributed by atoms with Crippen molar-refractivity contribution in [2.45, 2.75) is 32.6 Å². The van der Waals surface area contributed by atoms with Gasteiger partial charge in [-0.25, -0.2) is 14.4 Å². The first-order valence-corrected chi connectivity index (χ1v) is 10.7. The average molecular weight is 438 g/mol. The fourth-order valence-corrected chi connectivity index (χ4v) is 4.19. The first-order valence-electron chi connectivity index (χ1n) is 10.7. The van der Waals surface area contributed by atoms with Crippen molar-refractivity contribution in [3.63, 3.8) is 0 Å². The number of methoxy groups -OCH3 is 1. The molecule has 0 saturated heterocycles. The minimum atomic E-state index is -0.822. The Hall–Kier alpha value is -3.03. The van der Waals surface area contributed by atoms with E-state index < -0.39 is 6.23 Å². The van der Waals surface area contributed by atoms with Crippen LogP contribution in [0.25, 0.3) is 0 Å². The Labute approximate surface area is 187 Å². The highest BCUT2D eigenvalue weighted by molar-refractivity contribution is 5.44. The number of rotatable bonds is 10. The summed E-state index contributed by atoms with van der Waals surface area (Å²) >= 11 is 0. The fraction of sp³-hybridized carbons (Fsp3) is 0.360. The van der Waals surface area contributed by atoms with Gasteiger partial charge in [-0.05, 0) is 43.5 Å². The molecule has 1 saturated carbocycles. The minimum absolute atomic E-state index is 0.0526. The summed E-state index contributed by atoms with van der Waals surface area (Å²) in [6, 6.07) is 16.3. The molecule has 1 aliphatic rings. The van der Waals surface area contributed by atoms with E-state index in [4.69, 9.17) is 9.47 Å². The molecule has 0 radical (unpaired) electrons. The van der Waals surface area contributed by atoms with Crippen LogP contribution in [-0.4, -0.2) is 35.0 Å². The van der Waals surface area contributed by atoms with Gasteiger partial charge >= 0.3 is 0 Å². The van der Waals surface area contributed by atoms with Crippen molar-refractivity contribution >= 4 is 5.69 Å². The summed E-state index contributed by atoms with van der Waals surface area (Å²) in [4.78, 5) is 8.68. The summed E-state index contributed by atoms with van der Waals surface area (Å²) in [5.41, 5.74) is 2.16. The molecule has 1 aromatic heterocycles. The Balaban J connectivity index is 1.51. The number of aromatic nitrogens is 2. The number of hydrogen-bond donors (Lipinski definition) is 2. The summed E-state index contributed by atoms with van der Waals surface area (Å²) in [5, 5.41) is 13.9. The third kappa shape index (κ3) is 5.23. The number of halogens is 1. The second-order valence-corrected chi connectivity index (χ2v) is 8.38. The van der Waals surface area contributed by atoms with Crippen LogP contribution in [0.1, 0.15) is 23.5 Å². The molecule has 6 nitrogen and oxygen atoms in total. The molecule has 1 unspecified atom stereocenters. The Kier molecular flexibility index (Phi) is 6.67. The van der Waals surface area contributed by atoms with Crippen LogP contribution in [-0.2, 0) is 17.8 Å². The molecule has 3 aromatic rings. The molecular weight excluding hydrogens is 409 g/mol. The lowest BCUT2D eigenvalue weighted by Gasteiger charge is -2.22. The molecule has 2 N–H and O–H groups in total. The number of nitrogens with one attached hydrogen (secondary N) is 1.